The lowest BCUT2D eigenvalue weighted by atomic mass is 9.96. The number of nitrogens with zero attached hydrogens (tertiary/aromatic N) is 2. The summed E-state index contributed by atoms with van der Waals surface area (Å²) in [6.45, 7) is 5.87. The predicted molar refractivity (Wildman–Crippen MR) is 145 cm³/mol. The molecule has 0 unspecified atom stereocenters. The fourth-order valence-corrected chi connectivity index (χ4v) is 4.88. The lowest BCUT2D eigenvalue weighted by Crippen LogP contribution is -2.50. The molecule has 0 radical (unpaired) electrons. The highest BCUT2D eigenvalue weighted by molar-refractivity contribution is 6.06. The highest BCUT2D eigenvalue weighted by Crippen LogP contribution is 2.39. The summed E-state index contributed by atoms with van der Waals surface area (Å²) in [5.41, 5.74) is 4.42. The van der Waals surface area contributed by atoms with Gasteiger partial charge >= 0.3 is 6.09 Å². The van der Waals surface area contributed by atoms with Crippen molar-refractivity contribution in [3.05, 3.63) is 72.5 Å². The number of carbonyl (C=O) groups is 2. The van der Waals surface area contributed by atoms with Crippen molar-refractivity contribution < 1.29 is 23.5 Å². The summed E-state index contributed by atoms with van der Waals surface area (Å²) in [6.07, 6.45) is 3.09. The Bertz CT molecular complexity index is 1490. The number of methoxy groups -OCH3 is 1. The summed E-state index contributed by atoms with van der Waals surface area (Å²) in [5.74, 6) is 0.546. The molecule has 4 aromatic rings. The van der Waals surface area contributed by atoms with Crippen molar-refractivity contribution in [2.45, 2.75) is 13.8 Å². The maximum absolute atomic E-state index is 13.1. The van der Waals surface area contributed by atoms with E-state index in [1.165, 1.54) is 0 Å². The van der Waals surface area contributed by atoms with Crippen molar-refractivity contribution in [3.8, 4) is 16.9 Å². The van der Waals surface area contributed by atoms with Crippen molar-refractivity contribution in [2.75, 3.05) is 39.9 Å². The SMILES string of the molecule is CCOC(=O)N1CCN(C(=O)/C=C(\C)c2cc3c(-c4cccc5ccccc45)coc3cc2OC)CC1. The first-order chi connectivity index (χ1) is 18.0. The van der Waals surface area contributed by atoms with E-state index in [1.807, 2.05) is 37.3 Å². The zero-order valence-corrected chi connectivity index (χ0v) is 21.3. The van der Waals surface area contributed by atoms with Gasteiger partial charge in [-0.2, -0.15) is 0 Å². The third-order valence-electron chi connectivity index (χ3n) is 6.86. The molecule has 3 aromatic carbocycles. The van der Waals surface area contributed by atoms with Gasteiger partial charge in [-0.1, -0.05) is 42.5 Å². The number of hydrogen-bond acceptors (Lipinski definition) is 5. The Morgan fingerprint density at radius 3 is 2.43 bits per heavy atom. The van der Waals surface area contributed by atoms with Crippen LogP contribution < -0.4 is 4.74 Å². The van der Waals surface area contributed by atoms with Gasteiger partial charge in [0.1, 0.15) is 11.3 Å². The van der Waals surface area contributed by atoms with Crippen molar-refractivity contribution in [2.24, 2.45) is 0 Å². The molecule has 37 heavy (non-hydrogen) atoms. The van der Waals surface area contributed by atoms with Crippen LogP contribution in [0.15, 0.2) is 71.4 Å². The largest absolute Gasteiger partial charge is 0.496 e. The van der Waals surface area contributed by atoms with Gasteiger partial charge in [0, 0.05) is 54.8 Å². The van der Waals surface area contributed by atoms with Gasteiger partial charge in [-0.15, -0.1) is 0 Å². The first-order valence-electron chi connectivity index (χ1n) is 12.5. The fraction of sp³-hybridized carbons (Fsp3) is 0.267. The molecule has 1 aliphatic rings. The lowest BCUT2D eigenvalue weighted by molar-refractivity contribution is -0.127. The number of ether oxygens (including phenoxy) is 2. The smallest absolute Gasteiger partial charge is 0.409 e. The van der Waals surface area contributed by atoms with Gasteiger partial charge in [0.25, 0.3) is 0 Å². The molecule has 190 valence electrons. The number of benzene rings is 3. The molecule has 0 saturated carbocycles. The van der Waals surface area contributed by atoms with E-state index >= 15 is 0 Å². The van der Waals surface area contributed by atoms with Crippen LogP contribution >= 0.6 is 0 Å². The quantitative estimate of drug-likeness (QED) is 0.317. The topological polar surface area (TPSA) is 72.2 Å². The summed E-state index contributed by atoms with van der Waals surface area (Å²) in [5, 5.41) is 3.26. The van der Waals surface area contributed by atoms with Crippen LogP contribution in [0, 0.1) is 0 Å². The van der Waals surface area contributed by atoms with Crippen LogP contribution in [-0.2, 0) is 9.53 Å². The monoisotopic (exact) mass is 498 g/mol. The number of rotatable bonds is 5. The maximum atomic E-state index is 13.1. The maximum Gasteiger partial charge on any atom is 0.409 e. The summed E-state index contributed by atoms with van der Waals surface area (Å²) < 4.78 is 16.7. The molecule has 0 spiro atoms. The van der Waals surface area contributed by atoms with Crippen LogP contribution in [-0.4, -0.2) is 61.7 Å². The van der Waals surface area contributed by atoms with E-state index in [-0.39, 0.29) is 12.0 Å². The van der Waals surface area contributed by atoms with Gasteiger partial charge in [-0.3, -0.25) is 4.79 Å². The molecule has 1 fully saturated rings. The number of furan rings is 1. The van der Waals surface area contributed by atoms with Crippen molar-refractivity contribution in [3.63, 3.8) is 0 Å². The second-order valence-corrected chi connectivity index (χ2v) is 9.06. The first kappa shape index (κ1) is 24.4. The summed E-state index contributed by atoms with van der Waals surface area (Å²) in [7, 11) is 1.61. The molecular weight excluding hydrogens is 468 g/mol. The Balaban J connectivity index is 1.45. The van der Waals surface area contributed by atoms with E-state index in [0.29, 0.717) is 38.5 Å². The Morgan fingerprint density at radius 1 is 0.946 bits per heavy atom. The van der Waals surface area contributed by atoms with Gasteiger partial charge in [0.05, 0.1) is 20.0 Å². The number of fused-ring (bicyclic) bond motifs is 2. The number of allylic oxidation sites excluding steroid dienone is 1. The van der Waals surface area contributed by atoms with Gasteiger partial charge < -0.3 is 23.7 Å². The Hall–Kier alpha value is -4.26. The molecule has 1 saturated heterocycles. The summed E-state index contributed by atoms with van der Waals surface area (Å²) >= 11 is 0. The van der Waals surface area contributed by atoms with Crippen LogP contribution in [0.3, 0.4) is 0 Å². The lowest BCUT2D eigenvalue weighted by Gasteiger charge is -2.33. The van der Waals surface area contributed by atoms with E-state index in [1.54, 1.807) is 36.2 Å². The third-order valence-corrected chi connectivity index (χ3v) is 6.86. The molecule has 5 rings (SSSR count). The normalized spacial score (nSPS) is 14.3. The standard InChI is InChI=1S/C30H30N2O5/c1-4-36-30(34)32-14-12-31(13-15-32)29(33)16-20(2)24-17-25-26(19-37-28(25)18-27(24)35-3)23-11-7-9-21-8-5-6-10-22(21)23/h5-11,16-19H,4,12-15H2,1-3H3/b20-16+. The minimum atomic E-state index is -0.332. The third kappa shape index (κ3) is 4.77. The predicted octanol–water partition coefficient (Wildman–Crippen LogP) is 5.97. The van der Waals surface area contributed by atoms with E-state index < -0.39 is 0 Å². The van der Waals surface area contributed by atoms with Crippen molar-refractivity contribution in [1.29, 1.82) is 0 Å². The highest BCUT2D eigenvalue weighted by atomic mass is 16.6. The highest BCUT2D eigenvalue weighted by Gasteiger charge is 2.24. The second-order valence-electron chi connectivity index (χ2n) is 9.06. The van der Waals surface area contributed by atoms with Crippen LogP contribution in [0.25, 0.3) is 38.4 Å². The number of amides is 2. The average molecular weight is 499 g/mol. The van der Waals surface area contributed by atoms with Crippen molar-refractivity contribution >= 4 is 39.3 Å². The molecule has 0 aliphatic carbocycles. The molecule has 7 heteroatoms. The second kappa shape index (κ2) is 10.4. The van der Waals surface area contributed by atoms with Crippen LogP contribution in [0.2, 0.25) is 0 Å². The van der Waals surface area contributed by atoms with Crippen LogP contribution in [0.5, 0.6) is 5.75 Å². The average Bonchev–Trinajstić information content (AvgIpc) is 3.34. The van der Waals surface area contributed by atoms with Gasteiger partial charge in [-0.25, -0.2) is 4.79 Å². The van der Waals surface area contributed by atoms with Crippen LogP contribution in [0.4, 0.5) is 4.79 Å². The molecular formula is C30H30N2O5. The molecule has 1 aromatic heterocycles. The zero-order valence-electron chi connectivity index (χ0n) is 21.3. The minimum absolute atomic E-state index is 0.0929. The van der Waals surface area contributed by atoms with Crippen molar-refractivity contribution in [1.82, 2.24) is 9.80 Å². The van der Waals surface area contributed by atoms with Gasteiger partial charge in [0.15, 0.2) is 0 Å². The number of piperazine rings is 1. The fourth-order valence-electron chi connectivity index (χ4n) is 4.88. The van der Waals surface area contributed by atoms with E-state index in [4.69, 9.17) is 13.9 Å². The van der Waals surface area contributed by atoms with E-state index in [9.17, 15) is 9.59 Å². The number of hydrogen-bond donors (Lipinski definition) is 0. The number of carbonyl (C=O) groups excluding carboxylic acids is 2. The Morgan fingerprint density at radius 2 is 1.68 bits per heavy atom. The summed E-state index contributed by atoms with van der Waals surface area (Å²) in [4.78, 5) is 28.4. The molecule has 1 aliphatic heterocycles. The van der Waals surface area contributed by atoms with E-state index in [2.05, 4.69) is 24.3 Å². The molecule has 0 N–H and O–H groups in total. The van der Waals surface area contributed by atoms with Gasteiger partial charge in [-0.05, 0) is 41.8 Å². The van der Waals surface area contributed by atoms with Gasteiger partial charge in [0.2, 0.25) is 5.91 Å². The molecule has 7 nitrogen and oxygen atoms in total. The molecule has 0 atom stereocenters. The summed E-state index contributed by atoms with van der Waals surface area (Å²) in [6, 6.07) is 18.4. The first-order valence-corrected chi connectivity index (χ1v) is 12.5. The molecule has 0 bridgehead atoms. The molecule has 2 amide bonds. The van der Waals surface area contributed by atoms with Crippen LogP contribution in [0.1, 0.15) is 19.4 Å². The molecule has 2 heterocycles. The Kier molecular flexibility index (Phi) is 6.86. The zero-order chi connectivity index (χ0) is 25.9. The Labute approximate surface area is 215 Å². The van der Waals surface area contributed by atoms with E-state index in [0.717, 1.165) is 44.0 Å². The minimum Gasteiger partial charge on any atom is -0.496 e.